The summed E-state index contributed by atoms with van der Waals surface area (Å²) in [5, 5.41) is 2.88. The van der Waals surface area contributed by atoms with Crippen molar-refractivity contribution in [1.29, 1.82) is 0 Å². The zero-order chi connectivity index (χ0) is 25.1. The molecule has 2 fully saturated rings. The molecule has 3 aliphatic rings. The van der Waals surface area contributed by atoms with E-state index in [-0.39, 0.29) is 39.1 Å². The highest BCUT2D eigenvalue weighted by Gasteiger charge is 2.52. The first kappa shape index (κ1) is 24.8. The molecule has 1 unspecified atom stereocenters. The Bertz CT molecular complexity index is 1280. The average molecular weight is 511 g/mol. The molecule has 34 heavy (non-hydrogen) atoms. The maximum Gasteiger partial charge on any atom is 0.286 e. The maximum absolute atomic E-state index is 13.6. The number of sulfonamides is 2. The van der Waals surface area contributed by atoms with Crippen LogP contribution in [0.1, 0.15) is 46.5 Å². The lowest BCUT2D eigenvalue weighted by molar-refractivity contribution is -0.142. The molecule has 2 N–H and O–H groups in total. The second-order valence-electron chi connectivity index (χ2n) is 10.4. The fourth-order valence-corrected chi connectivity index (χ4v) is 6.62. The molecule has 3 atom stereocenters. The molecule has 186 valence electrons. The van der Waals surface area contributed by atoms with Gasteiger partial charge in [0.25, 0.3) is 10.0 Å². The van der Waals surface area contributed by atoms with Gasteiger partial charge in [0.2, 0.25) is 10.0 Å². The van der Waals surface area contributed by atoms with Gasteiger partial charge >= 0.3 is 0 Å². The molecule has 2 saturated heterocycles. The van der Waals surface area contributed by atoms with E-state index in [1.54, 1.807) is 0 Å². The third-order valence-electron chi connectivity index (χ3n) is 6.41. The first-order chi connectivity index (χ1) is 15.7. The van der Waals surface area contributed by atoms with Gasteiger partial charge in [0.05, 0.1) is 24.0 Å². The van der Waals surface area contributed by atoms with Crippen molar-refractivity contribution in [2.75, 3.05) is 22.8 Å². The molecule has 10 nitrogen and oxygen atoms in total. The SMILES string of the molecule is CC(C)(C)CC[C@@H]1C(=O)C(C2=NS(=O)(=O)c3cc(NS(C)(=O)=O)ccc3N2)C(=O)[C@H]2CCCN21. The van der Waals surface area contributed by atoms with Crippen LogP contribution in [0.3, 0.4) is 0 Å². The lowest BCUT2D eigenvalue weighted by Crippen LogP contribution is -2.60. The minimum absolute atomic E-state index is 0.00700. The molecule has 0 radical (unpaired) electrons. The van der Waals surface area contributed by atoms with Gasteiger partial charge < -0.3 is 5.32 Å². The molecule has 1 aromatic carbocycles. The quantitative estimate of drug-likeness (QED) is 0.573. The van der Waals surface area contributed by atoms with Gasteiger partial charge in [-0.05, 0) is 55.8 Å². The van der Waals surface area contributed by atoms with Gasteiger partial charge in [-0.25, -0.2) is 8.42 Å². The number of piperidine rings is 1. The smallest absolute Gasteiger partial charge is 0.286 e. The number of Topliss-reactive ketones (excluding diaryl/α,β-unsaturated/α-hetero) is 2. The number of benzene rings is 1. The van der Waals surface area contributed by atoms with E-state index in [9.17, 15) is 26.4 Å². The molecular weight excluding hydrogens is 480 g/mol. The summed E-state index contributed by atoms with van der Waals surface area (Å²) in [5.74, 6) is -2.11. The predicted octanol–water partition coefficient (Wildman–Crippen LogP) is 2.00. The summed E-state index contributed by atoms with van der Waals surface area (Å²) in [6.45, 7) is 6.94. The van der Waals surface area contributed by atoms with Crippen LogP contribution in [0.2, 0.25) is 0 Å². The van der Waals surface area contributed by atoms with Crippen LogP contribution in [-0.4, -0.2) is 64.0 Å². The Kier molecular flexibility index (Phi) is 6.14. The van der Waals surface area contributed by atoms with E-state index in [2.05, 4.69) is 35.2 Å². The first-order valence-electron chi connectivity index (χ1n) is 11.2. The summed E-state index contributed by atoms with van der Waals surface area (Å²) in [5.41, 5.74) is 0.219. The minimum Gasteiger partial charge on any atom is -0.341 e. The van der Waals surface area contributed by atoms with E-state index in [1.165, 1.54) is 12.1 Å². The summed E-state index contributed by atoms with van der Waals surface area (Å²) < 4.78 is 55.0. The highest BCUT2D eigenvalue weighted by atomic mass is 32.2. The number of carbonyl (C=O) groups excluding carboxylic acids is 2. The van der Waals surface area contributed by atoms with E-state index in [1.807, 2.05) is 4.90 Å². The van der Waals surface area contributed by atoms with E-state index in [0.717, 1.165) is 25.2 Å². The Hall–Kier alpha value is -2.31. The molecule has 3 aliphatic heterocycles. The Morgan fingerprint density at radius 1 is 1.21 bits per heavy atom. The Morgan fingerprint density at radius 2 is 1.91 bits per heavy atom. The van der Waals surface area contributed by atoms with Crippen molar-refractivity contribution < 1.29 is 26.4 Å². The number of rotatable bonds is 5. The van der Waals surface area contributed by atoms with Crippen LogP contribution in [0.25, 0.3) is 0 Å². The molecule has 4 rings (SSSR count). The average Bonchev–Trinajstić information content (AvgIpc) is 3.16. The zero-order valence-corrected chi connectivity index (χ0v) is 21.3. The number of hydrogen-bond acceptors (Lipinski definition) is 8. The van der Waals surface area contributed by atoms with Crippen molar-refractivity contribution in [3.8, 4) is 0 Å². The largest absolute Gasteiger partial charge is 0.341 e. The fourth-order valence-electron chi connectivity index (χ4n) is 4.88. The number of hydrogen-bond donors (Lipinski definition) is 2. The summed E-state index contributed by atoms with van der Waals surface area (Å²) >= 11 is 0. The zero-order valence-electron chi connectivity index (χ0n) is 19.7. The van der Waals surface area contributed by atoms with Crippen molar-refractivity contribution >= 4 is 48.8 Å². The molecule has 3 heterocycles. The lowest BCUT2D eigenvalue weighted by atomic mass is 9.79. The monoisotopic (exact) mass is 510 g/mol. The molecule has 1 aromatic rings. The lowest BCUT2D eigenvalue weighted by Gasteiger charge is -2.40. The minimum atomic E-state index is -4.27. The van der Waals surface area contributed by atoms with Crippen LogP contribution in [0.15, 0.2) is 27.5 Å². The van der Waals surface area contributed by atoms with E-state index in [0.29, 0.717) is 19.4 Å². The molecular formula is C22H30N4O6S2. The van der Waals surface area contributed by atoms with Crippen molar-refractivity contribution in [3.63, 3.8) is 0 Å². The van der Waals surface area contributed by atoms with Crippen molar-refractivity contribution in [3.05, 3.63) is 18.2 Å². The van der Waals surface area contributed by atoms with Gasteiger partial charge in [0.15, 0.2) is 11.6 Å². The number of nitrogens with one attached hydrogen (secondary N) is 2. The van der Waals surface area contributed by atoms with Crippen LogP contribution in [0.4, 0.5) is 11.4 Å². The van der Waals surface area contributed by atoms with E-state index >= 15 is 0 Å². The topological polar surface area (TPSA) is 142 Å². The first-order valence-corrected chi connectivity index (χ1v) is 14.6. The Morgan fingerprint density at radius 3 is 2.56 bits per heavy atom. The van der Waals surface area contributed by atoms with E-state index < -0.39 is 38.0 Å². The van der Waals surface area contributed by atoms with Crippen LogP contribution >= 0.6 is 0 Å². The number of fused-ring (bicyclic) bond motifs is 2. The summed E-state index contributed by atoms with van der Waals surface area (Å²) in [6, 6.07) is 3.06. The molecule has 0 spiro atoms. The third-order valence-corrected chi connectivity index (χ3v) is 8.34. The molecule has 0 amide bonds. The standard InChI is InChI=1S/C22H30N4O6S2/c1-22(2,3)10-9-16-20(28)18(19(27)15-6-5-11-26(15)16)21-23-14-8-7-13(24-33(4,29)30)12-17(14)34(31,32)25-21/h7-8,12,15-16,18,24H,5-6,9-11H2,1-4H3,(H,23,25)/t15-,16-,18?/m1/s1. The number of anilines is 2. The van der Waals surface area contributed by atoms with Crippen LogP contribution in [0.5, 0.6) is 0 Å². The number of amidine groups is 1. The van der Waals surface area contributed by atoms with Gasteiger partial charge in [-0.2, -0.15) is 8.42 Å². The molecule has 12 heteroatoms. The second-order valence-corrected chi connectivity index (χ2v) is 13.7. The van der Waals surface area contributed by atoms with Crippen LogP contribution in [-0.2, 0) is 29.6 Å². The molecule has 0 saturated carbocycles. The normalized spacial score (nSPS) is 26.9. The summed E-state index contributed by atoms with van der Waals surface area (Å²) in [4.78, 5) is 28.7. The Labute approximate surface area is 200 Å². The third kappa shape index (κ3) is 4.89. The molecule has 0 bridgehead atoms. The molecule has 0 aromatic heterocycles. The van der Waals surface area contributed by atoms with E-state index in [4.69, 9.17) is 0 Å². The summed E-state index contributed by atoms with van der Waals surface area (Å²) in [6.07, 6.45) is 3.76. The van der Waals surface area contributed by atoms with Crippen LogP contribution < -0.4 is 10.0 Å². The van der Waals surface area contributed by atoms with Gasteiger partial charge in [-0.1, -0.05) is 20.8 Å². The Balaban J connectivity index is 1.68. The summed E-state index contributed by atoms with van der Waals surface area (Å²) in [7, 11) is -7.88. The highest BCUT2D eigenvalue weighted by molar-refractivity contribution is 7.92. The number of carbonyl (C=O) groups is 2. The number of nitrogens with zero attached hydrogens (tertiary/aromatic N) is 2. The van der Waals surface area contributed by atoms with Gasteiger partial charge in [-0.3, -0.25) is 19.2 Å². The fraction of sp³-hybridized carbons (Fsp3) is 0.591. The maximum atomic E-state index is 13.6. The number of ketones is 2. The van der Waals surface area contributed by atoms with Crippen molar-refractivity contribution in [1.82, 2.24) is 4.90 Å². The van der Waals surface area contributed by atoms with Gasteiger partial charge in [0.1, 0.15) is 16.6 Å². The van der Waals surface area contributed by atoms with Crippen molar-refractivity contribution in [2.45, 2.75) is 63.4 Å². The van der Waals surface area contributed by atoms with Crippen molar-refractivity contribution in [2.24, 2.45) is 15.7 Å². The second kappa shape index (κ2) is 8.42. The van der Waals surface area contributed by atoms with Crippen LogP contribution in [0, 0.1) is 11.3 Å². The van der Waals surface area contributed by atoms with Gasteiger partial charge in [-0.15, -0.1) is 4.40 Å². The van der Waals surface area contributed by atoms with Gasteiger partial charge in [0, 0.05) is 5.69 Å². The molecule has 0 aliphatic carbocycles. The predicted molar refractivity (Wildman–Crippen MR) is 129 cm³/mol. The highest BCUT2D eigenvalue weighted by Crippen LogP contribution is 2.37.